The summed E-state index contributed by atoms with van der Waals surface area (Å²) in [6, 6.07) is 20.4. The summed E-state index contributed by atoms with van der Waals surface area (Å²) in [4.78, 5) is 9.98. The Morgan fingerprint density at radius 1 is 1.03 bits per heavy atom. The van der Waals surface area contributed by atoms with Gasteiger partial charge in [0.25, 0.3) is 0 Å². The predicted molar refractivity (Wildman–Crippen MR) is 137 cm³/mol. The van der Waals surface area contributed by atoms with Crippen LogP contribution in [-0.4, -0.2) is 62.3 Å². The van der Waals surface area contributed by atoms with Crippen LogP contribution < -0.4 is 15.5 Å². The average molecular weight is 450 g/mol. The molecule has 0 aromatic heterocycles. The van der Waals surface area contributed by atoms with Crippen LogP contribution in [0.15, 0.2) is 59.6 Å². The molecule has 4 rings (SSSR count). The van der Waals surface area contributed by atoms with Gasteiger partial charge in [0, 0.05) is 50.5 Å². The van der Waals surface area contributed by atoms with Gasteiger partial charge in [-0.05, 0) is 43.9 Å². The summed E-state index contributed by atoms with van der Waals surface area (Å²) in [5, 5.41) is 7.18. The Hall–Kier alpha value is -2.57. The fourth-order valence-electron chi connectivity index (χ4n) is 4.84. The van der Waals surface area contributed by atoms with Crippen molar-refractivity contribution < 1.29 is 4.74 Å². The molecule has 2 aromatic rings. The first-order valence-corrected chi connectivity index (χ1v) is 12.5. The van der Waals surface area contributed by atoms with Crippen molar-refractivity contribution in [3.8, 4) is 0 Å². The topological polar surface area (TPSA) is 52.1 Å². The maximum absolute atomic E-state index is 5.53. The smallest absolute Gasteiger partial charge is 0.191 e. The predicted octanol–water partition coefficient (Wildman–Crippen LogP) is 3.63. The van der Waals surface area contributed by atoms with Crippen molar-refractivity contribution in [1.82, 2.24) is 15.5 Å². The van der Waals surface area contributed by atoms with E-state index in [0.717, 1.165) is 64.7 Å². The number of hydrogen-bond acceptors (Lipinski definition) is 4. The van der Waals surface area contributed by atoms with Crippen LogP contribution in [0.2, 0.25) is 0 Å². The van der Waals surface area contributed by atoms with Gasteiger partial charge in [0.1, 0.15) is 0 Å². The van der Waals surface area contributed by atoms with Crippen molar-refractivity contribution in [2.45, 2.75) is 51.9 Å². The first-order chi connectivity index (χ1) is 16.2. The minimum Gasteiger partial charge on any atom is -0.378 e. The Labute approximate surface area is 199 Å². The summed E-state index contributed by atoms with van der Waals surface area (Å²) in [5.74, 6) is 0.919. The molecule has 0 amide bonds. The van der Waals surface area contributed by atoms with Crippen molar-refractivity contribution >= 4 is 11.6 Å². The maximum atomic E-state index is 5.53. The van der Waals surface area contributed by atoms with E-state index < -0.39 is 0 Å². The van der Waals surface area contributed by atoms with E-state index in [4.69, 9.17) is 9.73 Å². The van der Waals surface area contributed by atoms with Crippen LogP contribution in [-0.2, 0) is 17.8 Å². The molecule has 0 radical (unpaired) electrons. The second kappa shape index (κ2) is 12.1. The number of guanidine groups is 1. The minimum atomic E-state index is 0.444. The van der Waals surface area contributed by atoms with E-state index in [2.05, 4.69) is 88.9 Å². The van der Waals surface area contributed by atoms with Crippen molar-refractivity contribution in [1.29, 1.82) is 0 Å². The van der Waals surface area contributed by atoms with Crippen molar-refractivity contribution in [3.05, 3.63) is 65.7 Å². The summed E-state index contributed by atoms with van der Waals surface area (Å²) in [5.41, 5.74) is 3.94. The molecule has 2 aliphatic rings. The summed E-state index contributed by atoms with van der Waals surface area (Å²) >= 11 is 0. The zero-order chi connectivity index (χ0) is 22.9. The normalized spacial score (nSPS) is 22.2. The van der Waals surface area contributed by atoms with Gasteiger partial charge in [-0.2, -0.15) is 0 Å². The fraction of sp³-hybridized carbons (Fsp3) is 0.519. The number of likely N-dealkylation sites (tertiary alicyclic amines) is 1. The van der Waals surface area contributed by atoms with Crippen molar-refractivity contribution in [2.75, 3.05) is 44.3 Å². The quantitative estimate of drug-likeness (QED) is 0.499. The van der Waals surface area contributed by atoms with Crippen LogP contribution in [0.3, 0.4) is 0 Å². The summed E-state index contributed by atoms with van der Waals surface area (Å²) < 4.78 is 5.53. The zero-order valence-corrected chi connectivity index (χ0v) is 20.2. The van der Waals surface area contributed by atoms with E-state index >= 15 is 0 Å². The number of ether oxygens (including phenoxy) is 1. The SMILES string of the molecule is CCNC(=NCc1ccccc1N1CCOCC1)NC1CCN(Cc2ccccc2)C(C)C1. The second-order valence-electron chi connectivity index (χ2n) is 9.09. The minimum absolute atomic E-state index is 0.444. The summed E-state index contributed by atoms with van der Waals surface area (Å²) in [6.07, 6.45) is 2.26. The monoisotopic (exact) mass is 449 g/mol. The number of anilines is 1. The molecule has 33 heavy (non-hydrogen) atoms. The first kappa shape index (κ1) is 23.6. The first-order valence-electron chi connectivity index (χ1n) is 12.5. The number of piperidine rings is 1. The largest absolute Gasteiger partial charge is 0.378 e. The molecule has 2 unspecified atom stereocenters. The molecule has 6 heteroatoms. The lowest BCUT2D eigenvalue weighted by Crippen LogP contribution is -2.51. The fourth-order valence-corrected chi connectivity index (χ4v) is 4.84. The molecular formula is C27H39N5O. The van der Waals surface area contributed by atoms with Crippen LogP contribution in [0.25, 0.3) is 0 Å². The molecule has 2 saturated heterocycles. The Morgan fingerprint density at radius 2 is 1.79 bits per heavy atom. The Bertz CT molecular complexity index is 881. The Morgan fingerprint density at radius 3 is 2.55 bits per heavy atom. The lowest BCUT2D eigenvalue weighted by molar-refractivity contribution is 0.122. The molecule has 0 saturated carbocycles. The van der Waals surface area contributed by atoms with Gasteiger partial charge in [-0.1, -0.05) is 48.5 Å². The number of morpholine rings is 1. The highest BCUT2D eigenvalue weighted by Crippen LogP contribution is 2.23. The maximum Gasteiger partial charge on any atom is 0.191 e. The van der Waals surface area contributed by atoms with E-state index in [0.29, 0.717) is 18.6 Å². The van der Waals surface area contributed by atoms with Gasteiger partial charge in [-0.15, -0.1) is 0 Å². The van der Waals surface area contributed by atoms with Gasteiger partial charge in [-0.25, -0.2) is 4.99 Å². The van der Waals surface area contributed by atoms with Gasteiger partial charge in [-0.3, -0.25) is 4.90 Å². The van der Waals surface area contributed by atoms with Crippen LogP contribution in [0.5, 0.6) is 0 Å². The number of para-hydroxylation sites is 1. The van der Waals surface area contributed by atoms with E-state index in [9.17, 15) is 0 Å². The molecule has 2 N–H and O–H groups in total. The number of hydrogen-bond donors (Lipinski definition) is 2. The number of nitrogens with zero attached hydrogens (tertiary/aromatic N) is 3. The number of nitrogens with one attached hydrogen (secondary N) is 2. The Balaban J connectivity index is 1.35. The third-order valence-corrected chi connectivity index (χ3v) is 6.68. The van der Waals surface area contributed by atoms with Gasteiger partial charge in [0.15, 0.2) is 5.96 Å². The van der Waals surface area contributed by atoms with E-state index in [1.54, 1.807) is 0 Å². The van der Waals surface area contributed by atoms with E-state index in [1.165, 1.54) is 16.8 Å². The van der Waals surface area contributed by atoms with Crippen LogP contribution in [0.1, 0.15) is 37.8 Å². The zero-order valence-electron chi connectivity index (χ0n) is 20.2. The van der Waals surface area contributed by atoms with Crippen LogP contribution in [0, 0.1) is 0 Å². The molecule has 0 spiro atoms. The average Bonchev–Trinajstić information content (AvgIpc) is 2.86. The molecule has 2 aliphatic heterocycles. The molecule has 178 valence electrons. The second-order valence-corrected chi connectivity index (χ2v) is 9.09. The van der Waals surface area contributed by atoms with Gasteiger partial charge >= 0.3 is 0 Å². The summed E-state index contributed by atoms with van der Waals surface area (Å²) in [6.45, 7) is 11.6. The van der Waals surface area contributed by atoms with Gasteiger partial charge in [0.05, 0.1) is 19.8 Å². The number of aliphatic imine (C=N–C) groups is 1. The molecular weight excluding hydrogens is 410 g/mol. The molecule has 0 aliphatic carbocycles. The molecule has 2 fully saturated rings. The highest BCUT2D eigenvalue weighted by atomic mass is 16.5. The third kappa shape index (κ3) is 6.71. The van der Waals surface area contributed by atoms with Gasteiger partial charge < -0.3 is 20.3 Å². The molecule has 0 bridgehead atoms. The van der Waals surface area contributed by atoms with E-state index in [1.807, 2.05) is 0 Å². The van der Waals surface area contributed by atoms with Crippen LogP contribution in [0.4, 0.5) is 5.69 Å². The van der Waals surface area contributed by atoms with Crippen LogP contribution >= 0.6 is 0 Å². The molecule has 2 heterocycles. The Kier molecular flexibility index (Phi) is 8.61. The summed E-state index contributed by atoms with van der Waals surface area (Å²) in [7, 11) is 0. The van der Waals surface area contributed by atoms with Crippen molar-refractivity contribution in [2.24, 2.45) is 4.99 Å². The van der Waals surface area contributed by atoms with Crippen molar-refractivity contribution in [3.63, 3.8) is 0 Å². The van der Waals surface area contributed by atoms with E-state index in [-0.39, 0.29) is 0 Å². The number of benzene rings is 2. The molecule has 6 nitrogen and oxygen atoms in total. The highest BCUT2D eigenvalue weighted by Gasteiger charge is 2.26. The van der Waals surface area contributed by atoms with Gasteiger partial charge in [0.2, 0.25) is 0 Å². The highest BCUT2D eigenvalue weighted by molar-refractivity contribution is 5.80. The standard InChI is InChI=1S/C27H39N5O/c1-3-28-27(29-20-24-11-7-8-12-26(24)31-15-17-33-18-16-31)30-25-13-14-32(22(2)19-25)21-23-9-5-4-6-10-23/h4-12,22,25H,3,13-21H2,1-2H3,(H2,28,29,30). The lowest BCUT2D eigenvalue weighted by atomic mass is 9.97. The molecule has 2 atom stereocenters. The third-order valence-electron chi connectivity index (χ3n) is 6.68. The number of rotatable bonds is 7. The molecule has 2 aromatic carbocycles. The lowest BCUT2D eigenvalue weighted by Gasteiger charge is -2.38.